The Bertz CT molecular complexity index is 602. The van der Waals surface area contributed by atoms with Gasteiger partial charge in [0.2, 0.25) is 0 Å². The molecule has 1 atom stereocenters. The summed E-state index contributed by atoms with van der Waals surface area (Å²) in [5, 5.41) is 0. The van der Waals surface area contributed by atoms with Crippen molar-refractivity contribution in [3.63, 3.8) is 0 Å². The number of hydrogen-bond acceptors (Lipinski definition) is 4. The Kier molecular flexibility index (Phi) is 4.25. The molecular weight excluding hydrogens is 284 g/mol. The molecule has 1 heterocycles. The number of hydrogen-bond donors (Lipinski definition) is 0. The predicted molar refractivity (Wildman–Crippen MR) is 84.8 cm³/mol. The average molecular weight is 302 g/mol. The highest BCUT2D eigenvalue weighted by molar-refractivity contribution is 7.99. The van der Waals surface area contributed by atoms with Gasteiger partial charge >= 0.3 is 0 Å². The standard InChI is InChI=1S/C17H18O3S/c1-18-13-7-8-17(16(10-13)19-2)21-11-14-9-12-5-3-4-6-15(12)20-14/h3-8,10,14H,9,11H2,1-2H3. The van der Waals surface area contributed by atoms with E-state index in [1.165, 1.54) is 5.56 Å². The van der Waals surface area contributed by atoms with E-state index in [-0.39, 0.29) is 6.10 Å². The molecule has 1 aliphatic rings. The number of para-hydroxylation sites is 1. The second-order valence-corrected chi connectivity index (χ2v) is 5.94. The highest BCUT2D eigenvalue weighted by atomic mass is 32.2. The Morgan fingerprint density at radius 3 is 2.76 bits per heavy atom. The Balaban J connectivity index is 1.64. The molecule has 0 spiro atoms. The maximum atomic E-state index is 5.96. The lowest BCUT2D eigenvalue weighted by atomic mass is 10.1. The first-order valence-corrected chi connectivity index (χ1v) is 7.88. The van der Waals surface area contributed by atoms with Crippen LogP contribution in [0.25, 0.3) is 0 Å². The summed E-state index contributed by atoms with van der Waals surface area (Å²) in [6.45, 7) is 0. The maximum absolute atomic E-state index is 5.96. The number of thioether (sulfide) groups is 1. The molecule has 0 amide bonds. The van der Waals surface area contributed by atoms with Gasteiger partial charge in [-0.05, 0) is 23.8 Å². The zero-order valence-corrected chi connectivity index (χ0v) is 13.0. The number of fused-ring (bicyclic) bond motifs is 1. The summed E-state index contributed by atoms with van der Waals surface area (Å²) in [7, 11) is 3.34. The molecule has 0 N–H and O–H groups in total. The smallest absolute Gasteiger partial charge is 0.136 e. The molecule has 1 unspecified atom stereocenters. The topological polar surface area (TPSA) is 27.7 Å². The predicted octanol–water partition coefficient (Wildman–Crippen LogP) is 3.80. The molecule has 2 aromatic carbocycles. The van der Waals surface area contributed by atoms with Crippen molar-refractivity contribution in [1.29, 1.82) is 0 Å². The van der Waals surface area contributed by atoms with E-state index in [2.05, 4.69) is 12.1 Å². The second kappa shape index (κ2) is 6.31. The minimum atomic E-state index is 0.221. The van der Waals surface area contributed by atoms with Gasteiger partial charge in [0.25, 0.3) is 0 Å². The minimum absolute atomic E-state index is 0.221. The fourth-order valence-corrected chi connectivity index (χ4v) is 3.42. The Labute approximate surface area is 129 Å². The largest absolute Gasteiger partial charge is 0.497 e. The van der Waals surface area contributed by atoms with Crippen LogP contribution >= 0.6 is 11.8 Å². The molecule has 0 saturated heterocycles. The van der Waals surface area contributed by atoms with E-state index in [4.69, 9.17) is 14.2 Å². The van der Waals surface area contributed by atoms with Gasteiger partial charge in [-0.1, -0.05) is 18.2 Å². The summed E-state index contributed by atoms with van der Waals surface area (Å²) in [5.41, 5.74) is 1.30. The Morgan fingerprint density at radius 2 is 2.00 bits per heavy atom. The number of methoxy groups -OCH3 is 2. The molecule has 3 rings (SSSR count). The highest BCUT2D eigenvalue weighted by Crippen LogP contribution is 2.35. The van der Waals surface area contributed by atoms with Gasteiger partial charge in [-0.3, -0.25) is 0 Å². The van der Waals surface area contributed by atoms with Crippen LogP contribution in [0.3, 0.4) is 0 Å². The SMILES string of the molecule is COc1ccc(SCC2Cc3ccccc3O2)c(OC)c1. The first kappa shape index (κ1) is 14.1. The van der Waals surface area contributed by atoms with Gasteiger partial charge in [-0.2, -0.15) is 0 Å². The van der Waals surface area contributed by atoms with Crippen molar-refractivity contribution in [3.8, 4) is 17.2 Å². The lowest BCUT2D eigenvalue weighted by Crippen LogP contribution is -2.15. The summed E-state index contributed by atoms with van der Waals surface area (Å²) in [5.74, 6) is 3.57. The molecule has 0 radical (unpaired) electrons. The summed E-state index contributed by atoms with van der Waals surface area (Å²) in [4.78, 5) is 1.11. The van der Waals surface area contributed by atoms with Crippen molar-refractivity contribution >= 4 is 11.8 Å². The van der Waals surface area contributed by atoms with Crippen LogP contribution < -0.4 is 14.2 Å². The molecule has 1 aliphatic heterocycles. The molecule has 0 bridgehead atoms. The summed E-state index contributed by atoms with van der Waals surface area (Å²) in [6.07, 6.45) is 1.20. The number of rotatable bonds is 5. The van der Waals surface area contributed by atoms with Gasteiger partial charge in [0.1, 0.15) is 23.4 Å². The third kappa shape index (κ3) is 3.10. The fourth-order valence-electron chi connectivity index (χ4n) is 2.42. The molecule has 0 aromatic heterocycles. The summed E-state index contributed by atoms with van der Waals surface area (Å²) in [6, 6.07) is 14.1. The Morgan fingerprint density at radius 1 is 1.14 bits per heavy atom. The van der Waals surface area contributed by atoms with Crippen LogP contribution in [0.5, 0.6) is 17.2 Å². The van der Waals surface area contributed by atoms with E-state index in [0.717, 1.165) is 34.3 Å². The molecule has 0 saturated carbocycles. The molecular formula is C17H18O3S. The van der Waals surface area contributed by atoms with Crippen molar-refractivity contribution < 1.29 is 14.2 Å². The van der Waals surface area contributed by atoms with Crippen LogP contribution in [0.4, 0.5) is 0 Å². The molecule has 2 aromatic rings. The third-order valence-corrected chi connectivity index (χ3v) is 4.70. The van der Waals surface area contributed by atoms with Gasteiger partial charge < -0.3 is 14.2 Å². The monoisotopic (exact) mass is 302 g/mol. The van der Waals surface area contributed by atoms with Crippen molar-refractivity contribution in [2.75, 3.05) is 20.0 Å². The van der Waals surface area contributed by atoms with Gasteiger partial charge in [-0.15, -0.1) is 11.8 Å². The van der Waals surface area contributed by atoms with Gasteiger partial charge in [0.05, 0.1) is 14.2 Å². The zero-order valence-electron chi connectivity index (χ0n) is 12.2. The van der Waals surface area contributed by atoms with E-state index >= 15 is 0 Å². The second-order valence-electron chi connectivity index (χ2n) is 4.88. The molecule has 0 aliphatic carbocycles. The van der Waals surface area contributed by atoms with Crippen LogP contribution in [0.15, 0.2) is 47.4 Å². The molecule has 3 nitrogen and oxygen atoms in total. The van der Waals surface area contributed by atoms with E-state index in [1.54, 1.807) is 26.0 Å². The summed E-state index contributed by atoms with van der Waals surface area (Å²) < 4.78 is 16.6. The van der Waals surface area contributed by atoms with Crippen LogP contribution in [-0.4, -0.2) is 26.1 Å². The summed E-state index contributed by atoms with van der Waals surface area (Å²) >= 11 is 1.75. The minimum Gasteiger partial charge on any atom is -0.497 e. The molecule has 21 heavy (non-hydrogen) atoms. The third-order valence-electron chi connectivity index (χ3n) is 3.51. The normalized spacial score (nSPS) is 16.2. The first-order chi connectivity index (χ1) is 10.3. The van der Waals surface area contributed by atoms with E-state index in [9.17, 15) is 0 Å². The average Bonchev–Trinajstić information content (AvgIpc) is 2.95. The Hall–Kier alpha value is -1.81. The van der Waals surface area contributed by atoms with Crippen LogP contribution in [-0.2, 0) is 6.42 Å². The van der Waals surface area contributed by atoms with Crippen molar-refractivity contribution in [2.24, 2.45) is 0 Å². The first-order valence-electron chi connectivity index (χ1n) is 6.89. The van der Waals surface area contributed by atoms with Gasteiger partial charge in [-0.25, -0.2) is 0 Å². The maximum Gasteiger partial charge on any atom is 0.136 e. The van der Waals surface area contributed by atoms with Gasteiger partial charge in [0, 0.05) is 23.1 Å². The van der Waals surface area contributed by atoms with Crippen molar-refractivity contribution in [2.45, 2.75) is 17.4 Å². The molecule has 0 fully saturated rings. The fraction of sp³-hybridized carbons (Fsp3) is 0.294. The van der Waals surface area contributed by atoms with Crippen LogP contribution in [0.1, 0.15) is 5.56 Å². The van der Waals surface area contributed by atoms with Crippen molar-refractivity contribution in [3.05, 3.63) is 48.0 Å². The number of benzene rings is 2. The van der Waals surface area contributed by atoms with E-state index < -0.39 is 0 Å². The molecule has 110 valence electrons. The van der Waals surface area contributed by atoms with Crippen LogP contribution in [0.2, 0.25) is 0 Å². The quantitative estimate of drug-likeness (QED) is 0.785. The van der Waals surface area contributed by atoms with Crippen LogP contribution in [0, 0.1) is 0 Å². The number of ether oxygens (including phenoxy) is 3. The van der Waals surface area contributed by atoms with Crippen molar-refractivity contribution in [1.82, 2.24) is 0 Å². The zero-order chi connectivity index (χ0) is 14.7. The van der Waals surface area contributed by atoms with E-state index in [0.29, 0.717) is 0 Å². The molecule has 4 heteroatoms. The van der Waals surface area contributed by atoms with E-state index in [1.807, 2.05) is 30.3 Å². The lowest BCUT2D eigenvalue weighted by Gasteiger charge is -2.13. The highest BCUT2D eigenvalue weighted by Gasteiger charge is 2.22. The van der Waals surface area contributed by atoms with Gasteiger partial charge in [0.15, 0.2) is 0 Å². The lowest BCUT2D eigenvalue weighted by molar-refractivity contribution is 0.259.